The number of carbonyl (C=O) groups excluding carboxylic acids is 1. The predicted octanol–water partition coefficient (Wildman–Crippen LogP) is 1.16. The molecule has 0 radical (unpaired) electrons. The topological polar surface area (TPSA) is 75.3 Å². The second-order valence-electron chi connectivity index (χ2n) is 3.61. The van der Waals surface area contributed by atoms with Gasteiger partial charge in [0.15, 0.2) is 5.78 Å². The first-order valence-corrected chi connectivity index (χ1v) is 6.21. The van der Waals surface area contributed by atoms with Crippen molar-refractivity contribution < 1.29 is 9.90 Å². The predicted molar refractivity (Wildman–Crippen MR) is 71.4 cm³/mol. The van der Waals surface area contributed by atoms with E-state index in [2.05, 4.69) is 28.0 Å². The van der Waals surface area contributed by atoms with E-state index in [1.54, 1.807) is 24.3 Å². The molecule has 5 heteroatoms. The van der Waals surface area contributed by atoms with Crippen LogP contribution in [0.4, 0.5) is 0 Å². The number of aromatic hydroxyl groups is 1. The van der Waals surface area contributed by atoms with E-state index < -0.39 is 0 Å². The molecular formula is C11H15IN2O2. The Bertz CT molecular complexity index is 352. The van der Waals surface area contributed by atoms with Crippen LogP contribution in [-0.4, -0.2) is 20.9 Å². The molecule has 1 rings (SSSR count). The fraction of sp³-hybridized carbons (Fsp3) is 0.364. The summed E-state index contributed by atoms with van der Waals surface area (Å²) in [5, 5.41) is 9.14. The third-order valence-corrected chi connectivity index (χ3v) is 2.93. The molecular weight excluding hydrogens is 319 g/mol. The Morgan fingerprint density at radius 2 is 2.06 bits per heavy atom. The van der Waals surface area contributed by atoms with Gasteiger partial charge in [-0.25, -0.2) is 5.43 Å². The normalized spacial score (nSPS) is 14.4. The Morgan fingerprint density at radius 1 is 1.50 bits per heavy atom. The average Bonchev–Trinajstić information content (AvgIpc) is 2.27. The number of nitrogens with one attached hydrogen (secondary N) is 1. The van der Waals surface area contributed by atoms with Gasteiger partial charge < -0.3 is 5.11 Å². The van der Waals surface area contributed by atoms with Crippen LogP contribution in [-0.2, 0) is 11.2 Å². The van der Waals surface area contributed by atoms with E-state index in [0.717, 1.165) is 5.56 Å². The molecule has 2 atom stereocenters. The van der Waals surface area contributed by atoms with Gasteiger partial charge in [-0.1, -0.05) is 34.7 Å². The molecule has 0 aromatic heterocycles. The minimum Gasteiger partial charge on any atom is -0.508 e. The number of phenols is 1. The Kier molecular flexibility index (Phi) is 5.17. The summed E-state index contributed by atoms with van der Waals surface area (Å²) in [5.41, 5.74) is 3.49. The molecule has 0 aliphatic rings. The smallest absolute Gasteiger partial charge is 0.163 e. The Morgan fingerprint density at radius 3 is 2.50 bits per heavy atom. The number of alkyl halides is 1. The third kappa shape index (κ3) is 3.73. The van der Waals surface area contributed by atoms with Crippen LogP contribution in [0.15, 0.2) is 24.3 Å². The number of benzene rings is 1. The van der Waals surface area contributed by atoms with Crippen molar-refractivity contribution in [3.05, 3.63) is 29.8 Å². The number of nitrogens with two attached hydrogens (primary N) is 1. The highest BCUT2D eigenvalue weighted by Crippen LogP contribution is 2.13. The molecule has 0 saturated carbocycles. The van der Waals surface area contributed by atoms with E-state index in [1.807, 2.05) is 6.92 Å². The molecule has 0 fully saturated rings. The van der Waals surface area contributed by atoms with E-state index in [9.17, 15) is 4.79 Å². The standard InChI is InChI=1S/C11H15IN2O2/c1-7(12)11(16)10(14-13)6-8-2-4-9(15)5-3-8/h2-5,7,10,14-15H,6,13H2,1H3/t7-,10+/m1/s1. The summed E-state index contributed by atoms with van der Waals surface area (Å²) < 4.78 is -0.0734. The van der Waals surface area contributed by atoms with Crippen LogP contribution in [0.3, 0.4) is 0 Å². The summed E-state index contributed by atoms with van der Waals surface area (Å²) in [7, 11) is 0. The molecule has 0 amide bonds. The first kappa shape index (κ1) is 13.4. The van der Waals surface area contributed by atoms with Crippen LogP contribution in [0.25, 0.3) is 0 Å². The number of hydrogen-bond donors (Lipinski definition) is 3. The van der Waals surface area contributed by atoms with Gasteiger partial charge in [0.05, 0.1) is 9.97 Å². The van der Waals surface area contributed by atoms with E-state index in [-0.39, 0.29) is 21.5 Å². The molecule has 0 heterocycles. The molecule has 0 unspecified atom stereocenters. The lowest BCUT2D eigenvalue weighted by Crippen LogP contribution is -2.45. The quantitative estimate of drug-likeness (QED) is 0.327. The Labute approximate surface area is 108 Å². The highest BCUT2D eigenvalue weighted by atomic mass is 127. The van der Waals surface area contributed by atoms with Gasteiger partial charge in [-0.2, -0.15) is 0 Å². The number of halogens is 1. The van der Waals surface area contributed by atoms with Gasteiger partial charge in [-0.05, 0) is 31.0 Å². The first-order chi connectivity index (χ1) is 7.54. The fourth-order valence-electron chi connectivity index (χ4n) is 1.39. The lowest BCUT2D eigenvalue weighted by atomic mass is 10.0. The zero-order chi connectivity index (χ0) is 12.1. The SMILES string of the molecule is C[C@@H](I)C(=O)[C@H](Cc1ccc(O)cc1)NN. The summed E-state index contributed by atoms with van der Waals surface area (Å²) in [6.45, 7) is 1.84. The van der Waals surface area contributed by atoms with Crippen molar-refractivity contribution in [3.63, 3.8) is 0 Å². The number of rotatable bonds is 5. The minimum atomic E-state index is -0.378. The van der Waals surface area contributed by atoms with Crippen molar-refractivity contribution in [2.45, 2.75) is 23.3 Å². The second kappa shape index (κ2) is 6.17. The van der Waals surface area contributed by atoms with Gasteiger partial charge in [-0.15, -0.1) is 0 Å². The van der Waals surface area contributed by atoms with Crippen LogP contribution < -0.4 is 11.3 Å². The lowest BCUT2D eigenvalue weighted by molar-refractivity contribution is -0.119. The highest BCUT2D eigenvalue weighted by Gasteiger charge is 2.20. The van der Waals surface area contributed by atoms with E-state index in [4.69, 9.17) is 10.9 Å². The summed E-state index contributed by atoms with van der Waals surface area (Å²) in [5.74, 6) is 5.66. The maximum Gasteiger partial charge on any atom is 0.163 e. The number of ketones is 1. The summed E-state index contributed by atoms with van der Waals surface area (Å²) in [6.07, 6.45) is 0.531. The van der Waals surface area contributed by atoms with Crippen molar-refractivity contribution >= 4 is 28.4 Å². The van der Waals surface area contributed by atoms with Crippen LogP contribution in [0, 0.1) is 0 Å². The zero-order valence-electron chi connectivity index (χ0n) is 8.98. The molecule has 0 aliphatic carbocycles. The number of phenolic OH excluding ortho intramolecular Hbond substituents is 1. The van der Waals surface area contributed by atoms with Gasteiger partial charge in [0.25, 0.3) is 0 Å². The maximum absolute atomic E-state index is 11.7. The molecule has 4 nitrogen and oxygen atoms in total. The van der Waals surface area contributed by atoms with Crippen molar-refractivity contribution in [2.24, 2.45) is 5.84 Å². The van der Waals surface area contributed by atoms with Crippen molar-refractivity contribution in [3.8, 4) is 5.75 Å². The number of hydrazine groups is 1. The third-order valence-electron chi connectivity index (χ3n) is 2.31. The van der Waals surface area contributed by atoms with Gasteiger partial charge in [-0.3, -0.25) is 10.6 Å². The summed E-state index contributed by atoms with van der Waals surface area (Å²) in [6, 6.07) is 6.38. The molecule has 88 valence electrons. The van der Waals surface area contributed by atoms with Gasteiger partial charge in [0.1, 0.15) is 5.75 Å². The molecule has 16 heavy (non-hydrogen) atoms. The molecule has 4 N–H and O–H groups in total. The van der Waals surface area contributed by atoms with Crippen molar-refractivity contribution in [2.75, 3.05) is 0 Å². The van der Waals surface area contributed by atoms with Crippen LogP contribution in [0.2, 0.25) is 0 Å². The molecule has 1 aromatic rings. The molecule has 0 saturated heterocycles. The highest BCUT2D eigenvalue weighted by molar-refractivity contribution is 14.1. The van der Waals surface area contributed by atoms with E-state index in [1.165, 1.54) is 0 Å². The minimum absolute atomic E-state index is 0.0734. The van der Waals surface area contributed by atoms with Crippen molar-refractivity contribution in [1.82, 2.24) is 5.43 Å². The number of Topliss-reactive ketones (excluding diaryl/α,β-unsaturated/α-hetero) is 1. The molecule has 0 spiro atoms. The van der Waals surface area contributed by atoms with Gasteiger partial charge in [0.2, 0.25) is 0 Å². The largest absolute Gasteiger partial charge is 0.508 e. The summed E-state index contributed by atoms with van der Waals surface area (Å²) >= 11 is 2.07. The lowest BCUT2D eigenvalue weighted by Gasteiger charge is -2.16. The molecule has 1 aromatic carbocycles. The van der Waals surface area contributed by atoms with E-state index >= 15 is 0 Å². The maximum atomic E-state index is 11.7. The monoisotopic (exact) mass is 334 g/mol. The second-order valence-corrected chi connectivity index (χ2v) is 5.48. The van der Waals surface area contributed by atoms with Gasteiger partial charge >= 0.3 is 0 Å². The Balaban J connectivity index is 2.70. The van der Waals surface area contributed by atoms with Gasteiger partial charge in [0, 0.05) is 0 Å². The summed E-state index contributed by atoms with van der Waals surface area (Å²) in [4.78, 5) is 11.7. The van der Waals surface area contributed by atoms with Crippen LogP contribution >= 0.6 is 22.6 Å². The van der Waals surface area contributed by atoms with Crippen molar-refractivity contribution in [1.29, 1.82) is 0 Å². The molecule has 0 aliphatic heterocycles. The Hall–Kier alpha value is -0.660. The van der Waals surface area contributed by atoms with E-state index in [0.29, 0.717) is 6.42 Å². The number of carbonyl (C=O) groups is 1. The number of hydrogen-bond acceptors (Lipinski definition) is 4. The fourth-order valence-corrected chi connectivity index (χ4v) is 1.82. The average molecular weight is 334 g/mol. The van der Waals surface area contributed by atoms with Crippen LogP contribution in [0.1, 0.15) is 12.5 Å². The van der Waals surface area contributed by atoms with Crippen LogP contribution in [0.5, 0.6) is 5.75 Å². The molecule has 0 bridgehead atoms. The first-order valence-electron chi connectivity index (χ1n) is 4.96. The zero-order valence-corrected chi connectivity index (χ0v) is 11.1.